The lowest BCUT2D eigenvalue weighted by Crippen LogP contribution is -2.43. The standard InChI is InChI=1S/C12H18O3/c1-12(2,14-3)10-6-4-7-8(5-6)15-11(13)9(7)10/h6-10H,4-5H2,1-3H3. The van der Waals surface area contributed by atoms with Crippen molar-refractivity contribution < 1.29 is 14.3 Å². The van der Waals surface area contributed by atoms with Crippen LogP contribution in [-0.2, 0) is 14.3 Å². The molecule has 0 N–H and O–H groups in total. The molecule has 0 aromatic heterocycles. The first-order valence-electron chi connectivity index (χ1n) is 5.80. The van der Waals surface area contributed by atoms with E-state index < -0.39 is 0 Å². The van der Waals surface area contributed by atoms with Gasteiger partial charge in [-0.25, -0.2) is 0 Å². The normalized spacial score (nSPS) is 47.4. The first-order chi connectivity index (χ1) is 7.04. The molecule has 0 spiro atoms. The van der Waals surface area contributed by atoms with Gasteiger partial charge in [-0.05, 0) is 32.6 Å². The lowest BCUT2D eigenvalue weighted by Gasteiger charge is -2.37. The summed E-state index contributed by atoms with van der Waals surface area (Å²) in [5.41, 5.74) is -0.196. The Labute approximate surface area is 90.1 Å². The molecule has 2 aliphatic carbocycles. The zero-order valence-corrected chi connectivity index (χ0v) is 9.53. The molecule has 0 amide bonds. The van der Waals surface area contributed by atoms with E-state index in [9.17, 15) is 4.79 Å². The van der Waals surface area contributed by atoms with E-state index in [1.807, 2.05) is 0 Å². The average molecular weight is 210 g/mol. The summed E-state index contributed by atoms with van der Waals surface area (Å²) in [7, 11) is 1.74. The van der Waals surface area contributed by atoms with Gasteiger partial charge in [0.25, 0.3) is 0 Å². The molecule has 5 unspecified atom stereocenters. The van der Waals surface area contributed by atoms with Crippen molar-refractivity contribution in [2.24, 2.45) is 23.7 Å². The van der Waals surface area contributed by atoms with Crippen molar-refractivity contribution in [2.45, 2.75) is 38.4 Å². The van der Waals surface area contributed by atoms with Gasteiger partial charge in [0.05, 0.1) is 11.5 Å². The first kappa shape index (κ1) is 9.64. The van der Waals surface area contributed by atoms with Gasteiger partial charge >= 0.3 is 5.97 Å². The highest BCUT2D eigenvalue weighted by atomic mass is 16.6. The third-order valence-electron chi connectivity index (χ3n) is 4.81. The summed E-state index contributed by atoms with van der Waals surface area (Å²) >= 11 is 0. The van der Waals surface area contributed by atoms with E-state index in [4.69, 9.17) is 9.47 Å². The van der Waals surface area contributed by atoms with Gasteiger partial charge in [-0.15, -0.1) is 0 Å². The average Bonchev–Trinajstić information content (AvgIpc) is 2.76. The number of methoxy groups -OCH3 is 1. The molecule has 2 bridgehead atoms. The van der Waals surface area contributed by atoms with Gasteiger partial charge in [-0.2, -0.15) is 0 Å². The Hall–Kier alpha value is -0.570. The molecule has 5 atom stereocenters. The predicted molar refractivity (Wildman–Crippen MR) is 54.2 cm³/mol. The molecule has 3 fully saturated rings. The molecule has 1 aliphatic heterocycles. The highest BCUT2D eigenvalue weighted by Crippen LogP contribution is 2.60. The number of hydrogen-bond acceptors (Lipinski definition) is 3. The van der Waals surface area contributed by atoms with E-state index in [1.54, 1.807) is 7.11 Å². The smallest absolute Gasteiger partial charge is 0.310 e. The van der Waals surface area contributed by atoms with Crippen molar-refractivity contribution >= 4 is 5.97 Å². The Morgan fingerprint density at radius 2 is 2.13 bits per heavy atom. The van der Waals surface area contributed by atoms with Gasteiger partial charge in [0, 0.05) is 18.9 Å². The molecule has 3 heteroatoms. The summed E-state index contributed by atoms with van der Waals surface area (Å²) in [6, 6.07) is 0. The van der Waals surface area contributed by atoms with E-state index in [-0.39, 0.29) is 23.6 Å². The molecule has 3 aliphatic rings. The van der Waals surface area contributed by atoms with Crippen LogP contribution in [0, 0.1) is 23.7 Å². The van der Waals surface area contributed by atoms with Crippen LogP contribution in [0.25, 0.3) is 0 Å². The van der Waals surface area contributed by atoms with E-state index in [2.05, 4.69) is 13.8 Å². The number of ether oxygens (including phenoxy) is 2. The molecule has 3 nitrogen and oxygen atoms in total. The number of fused-ring (bicyclic) bond motifs is 1. The SMILES string of the molecule is COC(C)(C)C1C2CC3OC(=O)C1C3C2. The van der Waals surface area contributed by atoms with Crippen LogP contribution >= 0.6 is 0 Å². The van der Waals surface area contributed by atoms with Crippen molar-refractivity contribution in [3.05, 3.63) is 0 Å². The van der Waals surface area contributed by atoms with E-state index in [0.29, 0.717) is 17.8 Å². The third kappa shape index (κ3) is 1.07. The molecule has 0 radical (unpaired) electrons. The van der Waals surface area contributed by atoms with Gasteiger partial charge in [0.15, 0.2) is 0 Å². The summed E-state index contributed by atoms with van der Waals surface area (Å²) in [5, 5.41) is 0. The van der Waals surface area contributed by atoms with Crippen LogP contribution in [0.2, 0.25) is 0 Å². The fourth-order valence-corrected chi connectivity index (χ4v) is 4.12. The molecule has 0 aromatic rings. The number of hydrogen-bond donors (Lipinski definition) is 0. The van der Waals surface area contributed by atoms with Gasteiger partial charge in [-0.3, -0.25) is 4.79 Å². The van der Waals surface area contributed by atoms with Gasteiger partial charge in [-0.1, -0.05) is 0 Å². The molecular weight excluding hydrogens is 192 g/mol. The minimum Gasteiger partial charge on any atom is -0.462 e. The maximum absolute atomic E-state index is 11.8. The predicted octanol–water partition coefficient (Wildman–Crippen LogP) is 1.61. The summed E-state index contributed by atoms with van der Waals surface area (Å²) in [6.07, 6.45) is 2.46. The molecular formula is C12H18O3. The minimum atomic E-state index is -0.196. The van der Waals surface area contributed by atoms with Gasteiger partial charge < -0.3 is 9.47 Å². The summed E-state index contributed by atoms with van der Waals surface area (Å²) in [5.74, 6) is 1.62. The van der Waals surface area contributed by atoms with Crippen molar-refractivity contribution in [1.29, 1.82) is 0 Å². The Morgan fingerprint density at radius 1 is 1.40 bits per heavy atom. The summed E-state index contributed by atoms with van der Waals surface area (Å²) < 4.78 is 11.0. The number of esters is 1. The molecule has 84 valence electrons. The van der Waals surface area contributed by atoms with Crippen LogP contribution in [0.1, 0.15) is 26.7 Å². The molecule has 15 heavy (non-hydrogen) atoms. The monoisotopic (exact) mass is 210 g/mol. The zero-order chi connectivity index (χ0) is 10.8. The van der Waals surface area contributed by atoms with Crippen molar-refractivity contribution in [1.82, 2.24) is 0 Å². The molecule has 2 saturated carbocycles. The highest BCUT2D eigenvalue weighted by Gasteiger charge is 2.65. The maximum Gasteiger partial charge on any atom is 0.310 e. The molecule has 1 saturated heterocycles. The quantitative estimate of drug-likeness (QED) is 0.649. The third-order valence-corrected chi connectivity index (χ3v) is 4.81. The van der Waals surface area contributed by atoms with Gasteiger partial charge in [0.1, 0.15) is 6.10 Å². The lowest BCUT2D eigenvalue weighted by molar-refractivity contribution is -0.146. The molecule has 3 rings (SSSR count). The van der Waals surface area contributed by atoms with Crippen molar-refractivity contribution in [3.8, 4) is 0 Å². The Morgan fingerprint density at radius 3 is 2.80 bits per heavy atom. The van der Waals surface area contributed by atoms with Crippen LogP contribution in [-0.4, -0.2) is 24.8 Å². The number of carbonyl (C=O) groups is 1. The fraction of sp³-hybridized carbons (Fsp3) is 0.917. The van der Waals surface area contributed by atoms with Crippen LogP contribution < -0.4 is 0 Å². The topological polar surface area (TPSA) is 35.5 Å². The molecule has 1 heterocycles. The first-order valence-corrected chi connectivity index (χ1v) is 5.80. The summed E-state index contributed by atoms with van der Waals surface area (Å²) in [6.45, 7) is 4.19. The Bertz CT molecular complexity index is 308. The van der Waals surface area contributed by atoms with Crippen molar-refractivity contribution in [2.75, 3.05) is 7.11 Å². The second-order valence-electron chi connectivity index (χ2n) is 5.73. The second-order valence-corrected chi connectivity index (χ2v) is 5.73. The van der Waals surface area contributed by atoms with Gasteiger partial charge in [0.2, 0.25) is 0 Å². The minimum absolute atomic E-state index is 0.0279. The maximum atomic E-state index is 11.8. The van der Waals surface area contributed by atoms with E-state index in [0.717, 1.165) is 6.42 Å². The Balaban J connectivity index is 1.96. The largest absolute Gasteiger partial charge is 0.462 e. The van der Waals surface area contributed by atoms with E-state index >= 15 is 0 Å². The van der Waals surface area contributed by atoms with Crippen LogP contribution in [0.5, 0.6) is 0 Å². The summed E-state index contributed by atoms with van der Waals surface area (Å²) in [4.78, 5) is 11.8. The zero-order valence-electron chi connectivity index (χ0n) is 9.53. The van der Waals surface area contributed by atoms with Crippen LogP contribution in [0.3, 0.4) is 0 Å². The van der Waals surface area contributed by atoms with E-state index in [1.165, 1.54) is 6.42 Å². The van der Waals surface area contributed by atoms with Crippen molar-refractivity contribution in [3.63, 3.8) is 0 Å². The van der Waals surface area contributed by atoms with Crippen LogP contribution in [0.15, 0.2) is 0 Å². The number of rotatable bonds is 2. The second kappa shape index (κ2) is 2.76. The highest BCUT2D eigenvalue weighted by molar-refractivity contribution is 5.77. The lowest BCUT2D eigenvalue weighted by atomic mass is 9.72. The molecule has 0 aromatic carbocycles. The van der Waals surface area contributed by atoms with Crippen LogP contribution in [0.4, 0.5) is 0 Å². The number of carbonyl (C=O) groups excluding carboxylic acids is 1. The Kier molecular flexibility index (Phi) is 1.77. The fourth-order valence-electron chi connectivity index (χ4n) is 4.12.